The molecule has 0 radical (unpaired) electrons. The van der Waals surface area contributed by atoms with Gasteiger partial charge in [-0.05, 0) is 75.7 Å². The average molecular weight is 344 g/mol. The van der Waals surface area contributed by atoms with Gasteiger partial charge in [-0.25, -0.2) is 19.4 Å². The normalized spacial score (nSPS) is 41.8. The van der Waals surface area contributed by atoms with Crippen LogP contribution in [0.15, 0.2) is 23.3 Å². The quantitative estimate of drug-likeness (QED) is 0.428. The van der Waals surface area contributed by atoms with E-state index in [1.807, 2.05) is 6.92 Å². The molecule has 0 aromatic rings. The summed E-state index contributed by atoms with van der Waals surface area (Å²) < 4.78 is 0. The zero-order chi connectivity index (χ0) is 18.0. The second-order valence-corrected chi connectivity index (χ2v) is 8.87. The second kappa shape index (κ2) is 5.46. The van der Waals surface area contributed by atoms with Crippen molar-refractivity contribution < 1.29 is 19.4 Å². The summed E-state index contributed by atoms with van der Waals surface area (Å²) in [7, 11) is 0. The van der Waals surface area contributed by atoms with Crippen molar-refractivity contribution in [1.82, 2.24) is 0 Å². The highest BCUT2D eigenvalue weighted by Gasteiger charge is 2.80. The third kappa shape index (κ3) is 2.12. The SMILES string of the molecule is C=C(C)C(=O)OOC(=O)/C(C)=C1\C23CC4CC(CC(C4)C12CCC)C3. The summed E-state index contributed by atoms with van der Waals surface area (Å²) >= 11 is 0. The van der Waals surface area contributed by atoms with Crippen LogP contribution in [-0.4, -0.2) is 11.9 Å². The van der Waals surface area contributed by atoms with Crippen LogP contribution in [0.5, 0.6) is 0 Å². The molecule has 0 heterocycles. The number of carbonyl (C=O) groups is 2. The van der Waals surface area contributed by atoms with Crippen molar-refractivity contribution in [2.75, 3.05) is 0 Å². The molecule has 4 nitrogen and oxygen atoms in total. The Morgan fingerprint density at radius 2 is 1.68 bits per heavy atom. The Hall–Kier alpha value is -1.58. The van der Waals surface area contributed by atoms with Crippen molar-refractivity contribution in [3.8, 4) is 0 Å². The van der Waals surface area contributed by atoms with Gasteiger partial charge >= 0.3 is 11.9 Å². The molecular formula is C21H28O4. The van der Waals surface area contributed by atoms with Gasteiger partial charge in [0.05, 0.1) is 0 Å². The van der Waals surface area contributed by atoms with Gasteiger partial charge in [0.15, 0.2) is 0 Å². The van der Waals surface area contributed by atoms with Crippen LogP contribution in [-0.2, 0) is 19.4 Å². The monoisotopic (exact) mass is 344 g/mol. The van der Waals surface area contributed by atoms with E-state index in [9.17, 15) is 9.59 Å². The van der Waals surface area contributed by atoms with E-state index in [1.165, 1.54) is 51.0 Å². The lowest BCUT2D eigenvalue weighted by Gasteiger charge is -2.53. The predicted molar refractivity (Wildman–Crippen MR) is 93.0 cm³/mol. The fourth-order valence-corrected chi connectivity index (χ4v) is 7.10. The largest absolute Gasteiger partial charge is 0.382 e. The highest BCUT2D eigenvalue weighted by molar-refractivity contribution is 5.92. The molecule has 0 aromatic heterocycles. The molecule has 25 heavy (non-hydrogen) atoms. The first-order valence-electron chi connectivity index (χ1n) is 9.66. The average Bonchev–Trinajstić information content (AvgIpc) is 3.13. The summed E-state index contributed by atoms with van der Waals surface area (Å²) in [4.78, 5) is 33.5. The highest BCUT2D eigenvalue weighted by atomic mass is 17.2. The number of rotatable bonds is 4. The van der Waals surface area contributed by atoms with E-state index in [1.54, 1.807) is 0 Å². The highest BCUT2D eigenvalue weighted by Crippen LogP contribution is 2.87. The van der Waals surface area contributed by atoms with Crippen LogP contribution >= 0.6 is 0 Å². The first kappa shape index (κ1) is 16.9. The molecule has 5 aliphatic carbocycles. The molecule has 0 amide bonds. The second-order valence-electron chi connectivity index (χ2n) is 8.87. The molecule has 3 unspecified atom stereocenters. The van der Waals surface area contributed by atoms with Crippen LogP contribution in [0.4, 0.5) is 0 Å². The molecule has 0 saturated heterocycles. The van der Waals surface area contributed by atoms with E-state index < -0.39 is 11.9 Å². The Morgan fingerprint density at radius 1 is 1.08 bits per heavy atom. The van der Waals surface area contributed by atoms with Gasteiger partial charge in [0.2, 0.25) is 0 Å². The van der Waals surface area contributed by atoms with Crippen molar-refractivity contribution in [2.45, 2.75) is 65.7 Å². The van der Waals surface area contributed by atoms with Crippen molar-refractivity contribution in [1.29, 1.82) is 0 Å². The minimum absolute atomic E-state index is 0.218. The molecule has 4 heteroatoms. The maximum Gasteiger partial charge on any atom is 0.382 e. The molecular weight excluding hydrogens is 316 g/mol. The third-order valence-electron chi connectivity index (χ3n) is 7.46. The maximum absolute atomic E-state index is 12.5. The van der Waals surface area contributed by atoms with Crippen molar-refractivity contribution >= 4 is 11.9 Å². The van der Waals surface area contributed by atoms with Gasteiger partial charge in [-0.15, -0.1) is 0 Å². The molecule has 5 aliphatic rings. The fourth-order valence-electron chi connectivity index (χ4n) is 7.10. The molecule has 5 fully saturated rings. The van der Waals surface area contributed by atoms with Gasteiger partial charge in [0.1, 0.15) is 0 Å². The van der Waals surface area contributed by atoms with Gasteiger partial charge in [-0.2, -0.15) is 0 Å². The van der Waals surface area contributed by atoms with Crippen molar-refractivity contribution in [3.63, 3.8) is 0 Å². The molecule has 1 spiro atoms. The first-order chi connectivity index (χ1) is 11.9. The smallest absolute Gasteiger partial charge is 0.242 e. The zero-order valence-corrected chi connectivity index (χ0v) is 15.5. The van der Waals surface area contributed by atoms with E-state index >= 15 is 0 Å². The van der Waals surface area contributed by atoms with Crippen LogP contribution in [0.3, 0.4) is 0 Å². The Bertz CT molecular complexity index is 674. The molecule has 136 valence electrons. The number of allylic oxidation sites excluding steroid dienone is 1. The summed E-state index contributed by atoms with van der Waals surface area (Å²) in [6.07, 6.45) is 8.83. The van der Waals surface area contributed by atoms with Crippen LogP contribution in [0, 0.1) is 28.6 Å². The minimum Gasteiger partial charge on any atom is -0.242 e. The molecule has 0 N–H and O–H groups in total. The molecule has 5 rings (SSSR count). The molecule has 4 bridgehead atoms. The van der Waals surface area contributed by atoms with Crippen LogP contribution in [0.2, 0.25) is 0 Å². The van der Waals surface area contributed by atoms with E-state index in [2.05, 4.69) is 18.4 Å². The maximum atomic E-state index is 12.5. The summed E-state index contributed by atoms with van der Waals surface area (Å²) in [6, 6.07) is 0. The van der Waals surface area contributed by atoms with Gasteiger partial charge < -0.3 is 0 Å². The Labute approximate surface area is 149 Å². The van der Waals surface area contributed by atoms with Gasteiger partial charge in [-0.1, -0.05) is 19.9 Å². The van der Waals surface area contributed by atoms with E-state index in [0.29, 0.717) is 5.57 Å². The van der Waals surface area contributed by atoms with E-state index in [-0.39, 0.29) is 16.4 Å². The molecule has 0 aliphatic heterocycles. The lowest BCUT2D eigenvalue weighted by Crippen LogP contribution is -2.44. The molecule has 5 saturated carbocycles. The summed E-state index contributed by atoms with van der Waals surface area (Å²) in [5, 5.41) is 0. The van der Waals surface area contributed by atoms with Crippen molar-refractivity contribution in [3.05, 3.63) is 23.3 Å². The third-order valence-corrected chi connectivity index (χ3v) is 7.46. The molecule has 3 atom stereocenters. The van der Waals surface area contributed by atoms with E-state index in [4.69, 9.17) is 4.89 Å². The minimum atomic E-state index is -0.694. The Morgan fingerprint density at radius 3 is 2.24 bits per heavy atom. The van der Waals surface area contributed by atoms with Gasteiger partial charge in [-0.3, -0.25) is 0 Å². The number of hydrogen-bond donors (Lipinski definition) is 0. The summed E-state index contributed by atoms with van der Waals surface area (Å²) in [6.45, 7) is 9.13. The first-order valence-corrected chi connectivity index (χ1v) is 9.66. The Balaban J connectivity index is 1.63. The lowest BCUT2D eigenvalue weighted by atomic mass is 9.51. The lowest BCUT2D eigenvalue weighted by molar-refractivity contribution is -0.252. The van der Waals surface area contributed by atoms with Crippen LogP contribution < -0.4 is 0 Å². The Kier molecular flexibility index (Phi) is 3.68. The topological polar surface area (TPSA) is 52.6 Å². The summed E-state index contributed by atoms with van der Waals surface area (Å²) in [5.41, 5.74) is 2.69. The van der Waals surface area contributed by atoms with Crippen LogP contribution in [0.25, 0.3) is 0 Å². The predicted octanol–water partition coefficient (Wildman–Crippen LogP) is 4.51. The van der Waals surface area contributed by atoms with Gasteiger partial charge in [0.25, 0.3) is 0 Å². The zero-order valence-electron chi connectivity index (χ0n) is 15.5. The van der Waals surface area contributed by atoms with E-state index in [0.717, 1.165) is 24.2 Å². The number of hydrogen-bond acceptors (Lipinski definition) is 4. The van der Waals surface area contributed by atoms with Crippen LogP contribution in [0.1, 0.15) is 65.7 Å². The number of carbonyl (C=O) groups excluding carboxylic acids is 2. The fraction of sp³-hybridized carbons (Fsp3) is 0.714. The van der Waals surface area contributed by atoms with Gasteiger partial charge in [0, 0.05) is 22.0 Å². The standard InChI is InChI=1S/C21H28O4/c1-5-6-21-16-8-14-7-15(9-16)11-20(21,10-14)17(21)13(4)19(23)25-24-18(22)12(2)3/h14-16H,2,5-11H2,1,3-4H3/b17-13+. The summed E-state index contributed by atoms with van der Waals surface area (Å²) in [5.74, 6) is 1.20. The molecule has 0 aromatic carbocycles. The van der Waals surface area contributed by atoms with Crippen molar-refractivity contribution in [2.24, 2.45) is 28.6 Å².